The molecule has 1 aliphatic heterocycles. The number of phenols is 1. The Labute approximate surface area is 94.2 Å². The van der Waals surface area contributed by atoms with Crippen LogP contribution in [0.15, 0.2) is 24.3 Å². The quantitative estimate of drug-likeness (QED) is 0.748. The lowest BCUT2D eigenvalue weighted by Gasteiger charge is -2.14. The molecule has 0 radical (unpaired) electrons. The van der Waals surface area contributed by atoms with Gasteiger partial charge in [0.2, 0.25) is 0 Å². The van der Waals surface area contributed by atoms with Gasteiger partial charge in [0.25, 0.3) is 5.91 Å². The molecule has 0 aromatic heterocycles. The van der Waals surface area contributed by atoms with Gasteiger partial charge < -0.3 is 15.2 Å². The highest BCUT2D eigenvalue weighted by molar-refractivity contribution is 5.94. The number of carbonyl (C=O) groups is 1. The van der Waals surface area contributed by atoms with Crippen LogP contribution in [-0.4, -0.2) is 23.7 Å². The first-order valence-corrected chi connectivity index (χ1v) is 5.38. The van der Waals surface area contributed by atoms with Crippen molar-refractivity contribution in [2.24, 2.45) is 5.92 Å². The summed E-state index contributed by atoms with van der Waals surface area (Å²) in [6.45, 7) is 2.66. The average Bonchev–Trinajstić information content (AvgIpc) is 2.68. The van der Waals surface area contributed by atoms with Crippen LogP contribution >= 0.6 is 0 Å². The zero-order valence-corrected chi connectivity index (χ0v) is 9.14. The summed E-state index contributed by atoms with van der Waals surface area (Å²) in [5.74, 6) is 0.330. The van der Waals surface area contributed by atoms with Crippen LogP contribution in [0.25, 0.3) is 0 Å². The van der Waals surface area contributed by atoms with E-state index >= 15 is 0 Å². The predicted molar refractivity (Wildman–Crippen MR) is 60.3 cm³/mol. The Hall–Kier alpha value is -1.55. The van der Waals surface area contributed by atoms with Gasteiger partial charge in [-0.05, 0) is 36.6 Å². The summed E-state index contributed by atoms with van der Waals surface area (Å²) >= 11 is 0. The van der Waals surface area contributed by atoms with Crippen molar-refractivity contribution in [2.45, 2.75) is 19.4 Å². The van der Waals surface area contributed by atoms with Crippen LogP contribution in [-0.2, 0) is 9.53 Å². The summed E-state index contributed by atoms with van der Waals surface area (Å²) in [4.78, 5) is 11.8. The summed E-state index contributed by atoms with van der Waals surface area (Å²) in [6.07, 6.45) is 0.571. The maximum absolute atomic E-state index is 11.8. The zero-order chi connectivity index (χ0) is 11.5. The van der Waals surface area contributed by atoms with Crippen molar-refractivity contribution in [3.8, 4) is 5.75 Å². The van der Waals surface area contributed by atoms with Gasteiger partial charge in [-0.15, -0.1) is 0 Å². The molecule has 1 aliphatic rings. The fourth-order valence-electron chi connectivity index (χ4n) is 1.79. The molecule has 2 unspecified atom stereocenters. The molecule has 4 nitrogen and oxygen atoms in total. The molecule has 0 spiro atoms. The Balaban J connectivity index is 1.99. The molecule has 1 aromatic carbocycles. The lowest BCUT2D eigenvalue weighted by molar-refractivity contribution is -0.126. The fourth-order valence-corrected chi connectivity index (χ4v) is 1.79. The van der Waals surface area contributed by atoms with Crippen molar-refractivity contribution in [3.05, 3.63) is 24.3 Å². The highest BCUT2D eigenvalue weighted by Crippen LogP contribution is 2.22. The number of nitrogens with one attached hydrogen (secondary N) is 1. The van der Waals surface area contributed by atoms with E-state index in [2.05, 4.69) is 5.32 Å². The Morgan fingerprint density at radius 3 is 2.69 bits per heavy atom. The first kappa shape index (κ1) is 11.0. The van der Waals surface area contributed by atoms with Gasteiger partial charge in [-0.2, -0.15) is 0 Å². The van der Waals surface area contributed by atoms with Gasteiger partial charge in [-0.25, -0.2) is 0 Å². The molecular formula is C12H15NO3. The predicted octanol–water partition coefficient (Wildman–Crippen LogP) is 1.76. The fraction of sp³-hybridized carbons (Fsp3) is 0.417. The lowest BCUT2D eigenvalue weighted by atomic mass is 10.0. The Morgan fingerprint density at radius 1 is 1.44 bits per heavy atom. The minimum atomic E-state index is -0.353. The molecule has 4 heteroatoms. The van der Waals surface area contributed by atoms with Gasteiger partial charge in [0.05, 0.1) is 0 Å². The van der Waals surface area contributed by atoms with Crippen LogP contribution in [0.4, 0.5) is 5.69 Å². The third-order valence-corrected chi connectivity index (χ3v) is 2.78. The van der Waals surface area contributed by atoms with Crippen LogP contribution in [0.2, 0.25) is 0 Å². The Bertz CT molecular complexity index is 374. The third-order valence-electron chi connectivity index (χ3n) is 2.78. The van der Waals surface area contributed by atoms with Gasteiger partial charge in [0.15, 0.2) is 0 Å². The molecule has 1 fully saturated rings. The first-order valence-electron chi connectivity index (χ1n) is 5.38. The second kappa shape index (κ2) is 4.53. The normalized spacial score (nSPS) is 24.3. The van der Waals surface area contributed by atoms with E-state index in [9.17, 15) is 4.79 Å². The number of amides is 1. The third kappa shape index (κ3) is 2.33. The summed E-state index contributed by atoms with van der Waals surface area (Å²) in [6, 6.07) is 6.39. The van der Waals surface area contributed by atoms with E-state index in [0.717, 1.165) is 6.42 Å². The monoisotopic (exact) mass is 221 g/mol. The van der Waals surface area contributed by atoms with Crippen molar-refractivity contribution in [2.75, 3.05) is 11.9 Å². The summed E-state index contributed by atoms with van der Waals surface area (Å²) in [5, 5.41) is 11.9. The van der Waals surface area contributed by atoms with E-state index in [1.807, 2.05) is 6.92 Å². The highest BCUT2D eigenvalue weighted by Gasteiger charge is 2.30. The number of hydrogen-bond acceptors (Lipinski definition) is 3. The molecule has 2 atom stereocenters. The van der Waals surface area contributed by atoms with Gasteiger partial charge >= 0.3 is 0 Å². The number of carbonyl (C=O) groups excluding carboxylic acids is 1. The molecular weight excluding hydrogens is 206 g/mol. The minimum Gasteiger partial charge on any atom is -0.508 e. The number of phenolic OH excluding ortho intramolecular Hbond substituents is 1. The van der Waals surface area contributed by atoms with E-state index < -0.39 is 0 Å². The molecule has 1 saturated heterocycles. The maximum atomic E-state index is 11.8. The standard InChI is InChI=1S/C12H15NO3/c1-8-6-7-16-11(8)12(15)13-9-2-4-10(14)5-3-9/h2-5,8,11,14H,6-7H2,1H3,(H,13,15). The lowest BCUT2D eigenvalue weighted by Crippen LogP contribution is -2.31. The number of rotatable bonds is 2. The average molecular weight is 221 g/mol. The number of ether oxygens (including phenoxy) is 1. The van der Waals surface area contributed by atoms with Crippen molar-refractivity contribution in [1.82, 2.24) is 0 Å². The van der Waals surface area contributed by atoms with Crippen LogP contribution in [0, 0.1) is 5.92 Å². The van der Waals surface area contributed by atoms with Gasteiger partial charge in [-0.1, -0.05) is 6.92 Å². The van der Waals surface area contributed by atoms with Crippen LogP contribution in [0.5, 0.6) is 5.75 Å². The number of anilines is 1. The van der Waals surface area contributed by atoms with Crippen molar-refractivity contribution in [1.29, 1.82) is 0 Å². The topological polar surface area (TPSA) is 58.6 Å². The van der Waals surface area contributed by atoms with Crippen LogP contribution in [0.3, 0.4) is 0 Å². The molecule has 1 aromatic rings. The van der Waals surface area contributed by atoms with Gasteiger partial charge in [0, 0.05) is 12.3 Å². The van der Waals surface area contributed by atoms with Crippen molar-refractivity contribution >= 4 is 11.6 Å². The molecule has 1 heterocycles. The van der Waals surface area contributed by atoms with Crippen LogP contribution < -0.4 is 5.32 Å². The summed E-state index contributed by atoms with van der Waals surface area (Å²) in [7, 11) is 0. The molecule has 0 saturated carbocycles. The van der Waals surface area contributed by atoms with E-state index in [0.29, 0.717) is 12.3 Å². The maximum Gasteiger partial charge on any atom is 0.253 e. The molecule has 1 amide bonds. The number of hydrogen-bond donors (Lipinski definition) is 2. The van der Waals surface area contributed by atoms with Crippen LogP contribution in [0.1, 0.15) is 13.3 Å². The molecule has 0 aliphatic carbocycles. The second-order valence-electron chi connectivity index (χ2n) is 4.09. The zero-order valence-electron chi connectivity index (χ0n) is 9.14. The van der Waals surface area contributed by atoms with Crippen molar-refractivity contribution in [3.63, 3.8) is 0 Å². The second-order valence-corrected chi connectivity index (χ2v) is 4.09. The smallest absolute Gasteiger partial charge is 0.253 e. The molecule has 16 heavy (non-hydrogen) atoms. The first-order chi connectivity index (χ1) is 7.66. The Morgan fingerprint density at radius 2 is 2.12 bits per heavy atom. The van der Waals surface area contributed by atoms with E-state index in [1.54, 1.807) is 12.1 Å². The number of aromatic hydroxyl groups is 1. The molecule has 2 rings (SSSR count). The highest BCUT2D eigenvalue weighted by atomic mass is 16.5. The minimum absolute atomic E-state index is 0.115. The van der Waals surface area contributed by atoms with E-state index in [-0.39, 0.29) is 23.7 Å². The Kier molecular flexibility index (Phi) is 3.10. The summed E-state index contributed by atoms with van der Waals surface area (Å²) in [5.41, 5.74) is 0.672. The van der Waals surface area contributed by atoms with Gasteiger partial charge in [-0.3, -0.25) is 4.79 Å². The molecule has 86 valence electrons. The van der Waals surface area contributed by atoms with E-state index in [1.165, 1.54) is 12.1 Å². The van der Waals surface area contributed by atoms with Gasteiger partial charge in [0.1, 0.15) is 11.9 Å². The molecule has 2 N–H and O–H groups in total. The van der Waals surface area contributed by atoms with E-state index in [4.69, 9.17) is 9.84 Å². The molecule has 0 bridgehead atoms. The largest absolute Gasteiger partial charge is 0.508 e. The van der Waals surface area contributed by atoms with Crippen molar-refractivity contribution < 1.29 is 14.6 Å². The number of benzene rings is 1. The summed E-state index contributed by atoms with van der Waals surface area (Å²) < 4.78 is 5.36. The SMILES string of the molecule is CC1CCOC1C(=O)Nc1ccc(O)cc1.